The number of methoxy groups -OCH3 is 1. The van der Waals surface area contributed by atoms with Crippen molar-refractivity contribution in [2.45, 2.75) is 76.6 Å². The van der Waals surface area contributed by atoms with Crippen LogP contribution in [0.2, 0.25) is 0 Å². The predicted molar refractivity (Wildman–Crippen MR) is 132 cm³/mol. The summed E-state index contributed by atoms with van der Waals surface area (Å²) in [6.07, 6.45) is 6.35. The Hall–Kier alpha value is -2.86. The van der Waals surface area contributed by atoms with E-state index < -0.39 is 28.1 Å². The van der Waals surface area contributed by atoms with Gasteiger partial charge in [0.1, 0.15) is 22.8 Å². The lowest BCUT2D eigenvalue weighted by Crippen LogP contribution is -2.72. The van der Waals surface area contributed by atoms with E-state index in [0.717, 1.165) is 5.57 Å². The van der Waals surface area contributed by atoms with Crippen LogP contribution in [0.3, 0.4) is 0 Å². The van der Waals surface area contributed by atoms with Crippen molar-refractivity contribution >= 4 is 11.6 Å². The van der Waals surface area contributed by atoms with Crippen molar-refractivity contribution in [3.05, 3.63) is 53.1 Å². The molecule has 0 unspecified atom stereocenters. The summed E-state index contributed by atoms with van der Waals surface area (Å²) in [5, 5.41) is 11.1. The summed E-state index contributed by atoms with van der Waals surface area (Å²) in [5.74, 6) is -0.499. The van der Waals surface area contributed by atoms with Crippen molar-refractivity contribution in [3.63, 3.8) is 0 Å². The number of aromatic hydroxyl groups is 1. The second kappa shape index (κ2) is 7.10. The molecule has 0 aromatic heterocycles. The Morgan fingerprint density at radius 2 is 2.00 bits per heavy atom. The Bertz CT molecular complexity index is 1240. The summed E-state index contributed by atoms with van der Waals surface area (Å²) in [4.78, 5) is 28.3. The lowest BCUT2D eigenvalue weighted by atomic mass is 9.51. The average Bonchev–Trinajstić information content (AvgIpc) is 2.94. The highest BCUT2D eigenvalue weighted by molar-refractivity contribution is 6.18. The van der Waals surface area contributed by atoms with Gasteiger partial charge in [0.25, 0.3) is 0 Å². The highest BCUT2D eigenvalue weighted by Gasteiger charge is 2.81. The van der Waals surface area contributed by atoms with Crippen molar-refractivity contribution in [2.75, 3.05) is 7.11 Å². The molecule has 2 heterocycles. The number of hydrogen-bond acceptors (Lipinski definition) is 6. The van der Waals surface area contributed by atoms with Crippen LogP contribution in [0.4, 0.5) is 0 Å². The number of ketones is 2. The van der Waals surface area contributed by atoms with Gasteiger partial charge in [-0.2, -0.15) is 0 Å². The Morgan fingerprint density at radius 3 is 2.60 bits per heavy atom. The number of carbonyl (C=O) groups is 2. The zero-order valence-electron chi connectivity index (χ0n) is 21.6. The number of benzene rings is 1. The Labute approximate surface area is 206 Å². The quantitative estimate of drug-likeness (QED) is 0.584. The average molecular weight is 479 g/mol. The minimum absolute atomic E-state index is 0.0477. The predicted octanol–water partition coefficient (Wildman–Crippen LogP) is 5.23. The maximum atomic E-state index is 14.3. The lowest BCUT2D eigenvalue weighted by Gasteiger charge is -2.56. The Balaban J connectivity index is 1.88. The first kappa shape index (κ1) is 23.9. The number of allylic oxidation sites excluding steroid dienone is 3. The van der Waals surface area contributed by atoms with Crippen LogP contribution in [0.15, 0.2) is 42.0 Å². The molecule has 6 nitrogen and oxygen atoms in total. The number of carbonyl (C=O) groups excluding carboxylic acids is 2. The third-order valence-corrected chi connectivity index (χ3v) is 8.49. The van der Waals surface area contributed by atoms with Crippen LogP contribution in [0.5, 0.6) is 17.2 Å². The highest BCUT2D eigenvalue weighted by atomic mass is 16.6. The molecule has 3 aliphatic carbocycles. The van der Waals surface area contributed by atoms with Crippen LogP contribution >= 0.6 is 0 Å². The molecule has 1 saturated carbocycles. The fourth-order valence-electron chi connectivity index (χ4n) is 6.80. The van der Waals surface area contributed by atoms with Crippen LogP contribution in [-0.4, -0.2) is 40.6 Å². The molecule has 4 atom stereocenters. The van der Waals surface area contributed by atoms with Crippen LogP contribution in [0.1, 0.15) is 70.3 Å². The number of fused-ring (bicyclic) bond motifs is 1. The SMILES string of the molecule is C=CC(C)(C)c1c(O)cc(OC)c2c1O[C@]13C(=C[C@H]4C[C@H]1C(C)(C)O[C@@]3(CC=C(C)C)C4=O)C2=O. The summed E-state index contributed by atoms with van der Waals surface area (Å²) in [7, 11) is 1.46. The lowest BCUT2D eigenvalue weighted by molar-refractivity contribution is -0.171. The van der Waals surface area contributed by atoms with Crippen molar-refractivity contribution < 1.29 is 28.9 Å². The topological polar surface area (TPSA) is 82.1 Å². The summed E-state index contributed by atoms with van der Waals surface area (Å²) in [6, 6.07) is 1.46. The number of phenols is 1. The van der Waals surface area contributed by atoms with Crippen LogP contribution in [0.25, 0.3) is 0 Å². The molecule has 1 aromatic carbocycles. The standard InChI is InChI=1S/C29H34O6/c1-9-26(4,5)22-18(30)14-19(33-8)21-23(31)17-12-16-13-20-27(6,7)35-28(25(16)32,11-10-15(2)3)29(17,20)34-24(21)22/h9-10,12,14,16,20,30H,1,11,13H2,2-8H3/t16-,20-,28-,29+/m0/s1. The number of Topliss-reactive ketones (excluding diaryl/α,β-unsaturated/α-hetero) is 2. The monoisotopic (exact) mass is 478 g/mol. The molecular formula is C29H34O6. The van der Waals surface area contributed by atoms with Gasteiger partial charge in [-0.05, 0) is 34.1 Å². The van der Waals surface area contributed by atoms with Gasteiger partial charge in [-0.25, -0.2) is 0 Å². The molecule has 6 rings (SSSR count). The van der Waals surface area contributed by atoms with E-state index in [-0.39, 0.29) is 40.3 Å². The van der Waals surface area contributed by atoms with Crippen molar-refractivity contribution in [1.82, 2.24) is 0 Å². The van der Waals surface area contributed by atoms with Crippen molar-refractivity contribution in [3.8, 4) is 17.2 Å². The molecule has 2 fully saturated rings. The molecule has 6 heteroatoms. The number of hydrogen-bond donors (Lipinski definition) is 1. The van der Waals surface area contributed by atoms with E-state index in [1.165, 1.54) is 13.2 Å². The molecule has 0 radical (unpaired) electrons. The molecule has 186 valence electrons. The zero-order valence-corrected chi connectivity index (χ0v) is 21.6. The maximum absolute atomic E-state index is 14.3. The molecule has 4 bridgehead atoms. The highest BCUT2D eigenvalue weighted by Crippen LogP contribution is 2.68. The van der Waals surface area contributed by atoms with Crippen LogP contribution in [0, 0.1) is 11.8 Å². The Morgan fingerprint density at radius 1 is 1.31 bits per heavy atom. The van der Waals surface area contributed by atoms with E-state index >= 15 is 0 Å². The largest absolute Gasteiger partial charge is 0.507 e. The first-order valence-corrected chi connectivity index (χ1v) is 12.2. The molecule has 1 saturated heterocycles. The smallest absolute Gasteiger partial charge is 0.200 e. The first-order valence-electron chi connectivity index (χ1n) is 12.2. The maximum Gasteiger partial charge on any atom is 0.200 e. The van der Waals surface area contributed by atoms with Gasteiger partial charge in [-0.1, -0.05) is 37.6 Å². The van der Waals surface area contributed by atoms with E-state index in [4.69, 9.17) is 14.2 Å². The molecule has 5 aliphatic rings. The van der Waals surface area contributed by atoms with Gasteiger partial charge < -0.3 is 19.3 Å². The van der Waals surface area contributed by atoms with E-state index in [0.29, 0.717) is 24.0 Å². The zero-order chi connectivity index (χ0) is 25.7. The molecular weight excluding hydrogens is 444 g/mol. The molecule has 1 N–H and O–H groups in total. The summed E-state index contributed by atoms with van der Waals surface area (Å²) in [5.41, 5.74) is -1.85. The van der Waals surface area contributed by atoms with Crippen LogP contribution < -0.4 is 9.47 Å². The van der Waals surface area contributed by atoms with Gasteiger partial charge in [0.05, 0.1) is 12.7 Å². The van der Waals surface area contributed by atoms with E-state index in [2.05, 4.69) is 6.58 Å². The number of rotatable bonds is 5. The Kier molecular flexibility index (Phi) is 4.84. The minimum Gasteiger partial charge on any atom is -0.507 e. The fraction of sp³-hybridized carbons (Fsp3) is 0.517. The van der Waals surface area contributed by atoms with E-state index in [1.54, 1.807) is 12.2 Å². The normalized spacial score (nSPS) is 31.8. The van der Waals surface area contributed by atoms with Gasteiger partial charge in [0.15, 0.2) is 22.8 Å². The van der Waals surface area contributed by atoms with Gasteiger partial charge in [-0.3, -0.25) is 9.59 Å². The van der Waals surface area contributed by atoms with Gasteiger partial charge in [0.2, 0.25) is 0 Å². The van der Waals surface area contributed by atoms with E-state index in [9.17, 15) is 14.7 Å². The van der Waals surface area contributed by atoms with Gasteiger partial charge in [0, 0.05) is 40.9 Å². The van der Waals surface area contributed by atoms with Crippen molar-refractivity contribution in [2.24, 2.45) is 11.8 Å². The van der Waals surface area contributed by atoms with Gasteiger partial charge in [-0.15, -0.1) is 6.58 Å². The second-order valence-corrected chi connectivity index (χ2v) is 11.6. The van der Waals surface area contributed by atoms with E-state index in [1.807, 2.05) is 47.6 Å². The first-order chi connectivity index (χ1) is 16.3. The molecule has 2 aliphatic heterocycles. The molecule has 35 heavy (non-hydrogen) atoms. The minimum atomic E-state index is -1.34. The second-order valence-electron chi connectivity index (χ2n) is 11.6. The van der Waals surface area contributed by atoms with Gasteiger partial charge >= 0.3 is 0 Å². The third kappa shape index (κ3) is 2.75. The summed E-state index contributed by atoms with van der Waals surface area (Å²) in [6.45, 7) is 15.6. The fourth-order valence-corrected chi connectivity index (χ4v) is 6.80. The summed E-state index contributed by atoms with van der Waals surface area (Å²) >= 11 is 0. The number of phenolic OH excluding ortho intramolecular Hbond substituents is 1. The van der Waals surface area contributed by atoms with Crippen molar-refractivity contribution in [1.29, 1.82) is 0 Å². The molecule has 0 amide bonds. The number of ether oxygens (including phenoxy) is 3. The summed E-state index contributed by atoms with van der Waals surface area (Å²) < 4.78 is 19.2. The third-order valence-electron chi connectivity index (χ3n) is 8.49. The molecule has 1 aromatic rings. The van der Waals surface area contributed by atoms with Crippen LogP contribution in [-0.2, 0) is 14.9 Å². The molecule has 1 spiro atoms.